The quantitative estimate of drug-likeness (QED) is 0.0281. The first kappa shape index (κ1) is 43.8. The van der Waals surface area contributed by atoms with E-state index in [1.165, 1.54) is 81.8 Å². The first-order chi connectivity index (χ1) is 28.0. The van der Waals surface area contributed by atoms with Gasteiger partial charge in [-0.1, -0.05) is 164 Å². The van der Waals surface area contributed by atoms with E-state index in [0.717, 1.165) is 63.2 Å². The Hall–Kier alpha value is -4.32. The first-order valence-corrected chi connectivity index (χ1v) is 22.2. The molecule has 0 fully saturated rings. The van der Waals surface area contributed by atoms with Crippen molar-refractivity contribution >= 4 is 39.6 Å². The molecule has 0 N–H and O–H groups in total. The minimum Gasteiger partial charge on any atom is -0.500 e. The summed E-state index contributed by atoms with van der Waals surface area (Å²) in [5, 5.41) is 6.86. The molecule has 302 valence electrons. The van der Waals surface area contributed by atoms with Crippen molar-refractivity contribution < 1.29 is 18.4 Å². The molecule has 6 aromatic carbocycles. The number of hydrogen-bond donors (Lipinski definition) is 0. The van der Waals surface area contributed by atoms with Crippen LogP contribution in [0.3, 0.4) is 0 Å². The van der Waals surface area contributed by atoms with Gasteiger partial charge in [0.05, 0.1) is 25.7 Å². The van der Waals surface area contributed by atoms with Gasteiger partial charge < -0.3 is 18.4 Å². The van der Waals surface area contributed by atoms with E-state index in [1.54, 1.807) is 0 Å². The third-order valence-corrected chi connectivity index (χ3v) is 11.5. The number of nitrogens with zero attached hydrogens (tertiary/aromatic N) is 1. The van der Waals surface area contributed by atoms with Crippen LogP contribution in [0.1, 0.15) is 112 Å². The van der Waals surface area contributed by atoms with Gasteiger partial charge in [0.1, 0.15) is 17.5 Å². The summed E-state index contributed by atoms with van der Waals surface area (Å²) in [4.78, 5) is 0. The van der Waals surface area contributed by atoms with E-state index in [4.69, 9.17) is 14.0 Å². The maximum Gasteiger partial charge on any atom is 0.788 e. The van der Waals surface area contributed by atoms with Crippen molar-refractivity contribution in [1.29, 1.82) is 0 Å². The van der Waals surface area contributed by atoms with Crippen LogP contribution in [-0.4, -0.2) is 43.6 Å². The van der Waals surface area contributed by atoms with Crippen LogP contribution in [0.25, 0.3) is 32.3 Å². The van der Waals surface area contributed by atoms with Gasteiger partial charge in [-0.05, 0) is 48.6 Å². The second-order valence-corrected chi connectivity index (χ2v) is 15.7. The second kappa shape index (κ2) is 23.8. The number of hydrogen-bond acceptors (Lipinski definition) is 3. The highest BCUT2D eigenvalue weighted by atomic mass is 16.7. The van der Waals surface area contributed by atoms with Gasteiger partial charge in [-0.2, -0.15) is 0 Å². The molecule has 57 heavy (non-hydrogen) atoms. The molecule has 0 aromatic heterocycles. The summed E-state index contributed by atoms with van der Waals surface area (Å²) in [6.07, 6.45) is 14.2. The summed E-state index contributed by atoms with van der Waals surface area (Å²) in [7, 11) is -0.886. The highest BCUT2D eigenvalue weighted by Gasteiger charge is 2.44. The van der Waals surface area contributed by atoms with E-state index >= 15 is 0 Å². The van der Waals surface area contributed by atoms with Crippen LogP contribution in [0.5, 0.6) is 11.5 Å². The lowest BCUT2D eigenvalue weighted by molar-refractivity contribution is -0.955. The Morgan fingerprint density at radius 1 is 0.491 bits per heavy atom. The number of fused-ring (bicyclic) bond motifs is 3. The van der Waals surface area contributed by atoms with Crippen LogP contribution >= 0.6 is 0 Å². The highest BCUT2D eigenvalue weighted by molar-refractivity contribution is 6.39. The van der Waals surface area contributed by atoms with E-state index in [1.807, 2.05) is 36.4 Å². The maximum absolute atomic E-state index is 7.30. The van der Waals surface area contributed by atoms with Crippen molar-refractivity contribution in [3.8, 4) is 11.5 Å². The molecule has 2 atom stereocenters. The zero-order valence-electron chi connectivity index (χ0n) is 35.6. The third kappa shape index (κ3) is 12.6. The highest BCUT2D eigenvalue weighted by Crippen LogP contribution is 2.33. The molecule has 0 aliphatic carbocycles. The summed E-state index contributed by atoms with van der Waals surface area (Å²) in [6, 6.07) is 47.1. The van der Waals surface area contributed by atoms with Gasteiger partial charge in [0.2, 0.25) is 0 Å². The largest absolute Gasteiger partial charge is 0.788 e. The zero-order valence-corrected chi connectivity index (χ0v) is 35.6. The maximum atomic E-state index is 7.30. The summed E-state index contributed by atoms with van der Waals surface area (Å²) in [6.45, 7) is 15.3. The number of benzene rings is 6. The normalized spacial score (nSPS) is 12.6. The average molecular weight is 766 g/mol. The monoisotopic (exact) mass is 766 g/mol. The lowest BCUT2D eigenvalue weighted by Crippen LogP contribution is -2.62. The molecule has 4 nitrogen and oxygen atoms in total. The van der Waals surface area contributed by atoms with Crippen molar-refractivity contribution in [3.05, 3.63) is 133 Å². The molecule has 0 saturated heterocycles. The molecule has 0 spiro atoms. The van der Waals surface area contributed by atoms with Gasteiger partial charge in [0.25, 0.3) is 0 Å². The summed E-state index contributed by atoms with van der Waals surface area (Å²) < 4.78 is 22.2. The Bertz CT molecular complexity index is 1850. The summed E-state index contributed by atoms with van der Waals surface area (Å²) in [5.41, 5.74) is 0. The van der Waals surface area contributed by atoms with E-state index in [2.05, 4.69) is 132 Å². The molecule has 0 amide bonds. The molecular formula is C52H68BNO3. The topological polar surface area (TPSA) is 27.7 Å². The molecular weight excluding hydrogens is 697 g/mol. The summed E-state index contributed by atoms with van der Waals surface area (Å²) >= 11 is 0. The molecule has 0 aliphatic heterocycles. The fourth-order valence-corrected chi connectivity index (χ4v) is 8.40. The molecule has 6 rings (SSSR count). The van der Waals surface area contributed by atoms with Crippen LogP contribution < -0.4 is 9.31 Å². The van der Waals surface area contributed by atoms with Crippen molar-refractivity contribution in [2.75, 3.05) is 19.6 Å². The van der Waals surface area contributed by atoms with Gasteiger partial charge >= 0.3 is 7.32 Å². The predicted octanol–water partition coefficient (Wildman–Crippen LogP) is 14.4. The fraction of sp³-hybridized carbons (Fsp3) is 0.423. The molecule has 0 radical (unpaired) electrons. The predicted molar refractivity (Wildman–Crippen MR) is 245 cm³/mol. The van der Waals surface area contributed by atoms with Crippen molar-refractivity contribution in [2.45, 2.75) is 124 Å². The van der Waals surface area contributed by atoms with Gasteiger partial charge in [-0.15, -0.1) is 47.2 Å². The van der Waals surface area contributed by atoms with E-state index in [-0.39, 0.29) is 6.10 Å². The SMILES string of the molecule is CCCCCC(OB(Oc1cccc2ccccc12)Oc1cccc2ccccc12)C(CCC)[N+](CCCC)(CCCC)CCCC.[c-]1cccc2ccccc12. The number of unbranched alkanes of at least 4 members (excludes halogenated alkanes) is 5. The zero-order chi connectivity index (χ0) is 40.1. The lowest BCUT2D eigenvalue weighted by atomic mass is 9.92. The average Bonchev–Trinajstić information content (AvgIpc) is 3.26. The Kier molecular flexibility index (Phi) is 18.3. The smallest absolute Gasteiger partial charge is 0.500 e. The van der Waals surface area contributed by atoms with Crippen LogP contribution in [0.2, 0.25) is 0 Å². The number of rotatable bonds is 23. The Morgan fingerprint density at radius 2 is 0.982 bits per heavy atom. The fourth-order valence-electron chi connectivity index (χ4n) is 8.40. The third-order valence-electron chi connectivity index (χ3n) is 11.5. The minimum absolute atomic E-state index is 0.0158. The van der Waals surface area contributed by atoms with Crippen LogP contribution in [-0.2, 0) is 4.65 Å². The molecule has 6 aromatic rings. The van der Waals surface area contributed by atoms with Gasteiger partial charge in [0.15, 0.2) is 0 Å². The van der Waals surface area contributed by atoms with Gasteiger partial charge in [0, 0.05) is 17.2 Å². The Balaban J connectivity index is 0.000000532. The van der Waals surface area contributed by atoms with Crippen molar-refractivity contribution in [3.63, 3.8) is 0 Å². The van der Waals surface area contributed by atoms with E-state index in [0.29, 0.717) is 6.04 Å². The standard InChI is InChI=1S/C42H61BNO3.C10H7/c1-6-11-15-29-42(39(22-10-5)44(32-12-7-2,33-13-8-3)34-14-9-4)47-43(45-40-30-20-25-35-23-16-18-27-37(35)40)46-41-31-21-26-36-24-17-19-28-38(36)41;1-2-6-10-8-4-3-7-9(10)5-1/h16-21,23-28,30-31,39,42H,6-15,22,29,32-34H2,1-5H3;1-7H/q+1;-1. The van der Waals surface area contributed by atoms with Gasteiger partial charge in [-0.25, -0.2) is 0 Å². The van der Waals surface area contributed by atoms with Gasteiger partial charge in [-0.3, -0.25) is 0 Å². The second-order valence-electron chi connectivity index (χ2n) is 15.7. The molecule has 2 unspecified atom stereocenters. The van der Waals surface area contributed by atoms with Crippen LogP contribution in [0.15, 0.2) is 127 Å². The molecule has 0 aliphatic rings. The molecule has 0 saturated carbocycles. The van der Waals surface area contributed by atoms with E-state index < -0.39 is 7.32 Å². The van der Waals surface area contributed by atoms with Crippen LogP contribution in [0, 0.1) is 6.07 Å². The Morgan fingerprint density at radius 3 is 1.51 bits per heavy atom. The molecule has 0 bridgehead atoms. The van der Waals surface area contributed by atoms with Crippen molar-refractivity contribution in [2.24, 2.45) is 0 Å². The van der Waals surface area contributed by atoms with E-state index in [9.17, 15) is 0 Å². The Labute approximate surface area is 345 Å². The summed E-state index contributed by atoms with van der Waals surface area (Å²) in [5.74, 6) is 1.58. The number of quaternary nitrogens is 1. The molecule has 0 heterocycles. The lowest BCUT2D eigenvalue weighted by Gasteiger charge is -2.48. The first-order valence-electron chi connectivity index (χ1n) is 22.2. The van der Waals surface area contributed by atoms with Crippen LogP contribution in [0.4, 0.5) is 0 Å². The molecule has 5 heteroatoms. The van der Waals surface area contributed by atoms with Crippen molar-refractivity contribution in [1.82, 2.24) is 0 Å². The minimum atomic E-state index is -0.886.